The van der Waals surface area contributed by atoms with Crippen LogP contribution in [0, 0.1) is 11.3 Å². The predicted molar refractivity (Wildman–Crippen MR) is 56.1 cm³/mol. The molecule has 16 heavy (non-hydrogen) atoms. The van der Waals surface area contributed by atoms with Crippen molar-refractivity contribution in [2.75, 3.05) is 4.90 Å². The maximum Gasteiger partial charge on any atom is 0.412 e. The number of aliphatic hydroxyl groups is 1. The van der Waals surface area contributed by atoms with Gasteiger partial charge in [-0.25, -0.2) is 4.79 Å². The number of fused-ring (bicyclic) bond motifs is 1. The lowest BCUT2D eigenvalue weighted by Gasteiger charge is -2.22. The van der Waals surface area contributed by atoms with Gasteiger partial charge >= 0.3 is 6.09 Å². The smallest absolute Gasteiger partial charge is 0.412 e. The van der Waals surface area contributed by atoms with Crippen molar-refractivity contribution >= 4 is 11.8 Å². The van der Waals surface area contributed by atoms with Gasteiger partial charge in [0.05, 0.1) is 17.8 Å². The lowest BCUT2D eigenvalue weighted by atomic mass is 10.1. The van der Waals surface area contributed by atoms with Gasteiger partial charge in [-0.1, -0.05) is 18.2 Å². The maximum absolute atomic E-state index is 11.1. The van der Waals surface area contributed by atoms with E-state index >= 15 is 0 Å². The van der Waals surface area contributed by atoms with Crippen LogP contribution in [0.2, 0.25) is 0 Å². The van der Waals surface area contributed by atoms with Gasteiger partial charge in [0.1, 0.15) is 0 Å². The number of rotatable bonds is 1. The summed E-state index contributed by atoms with van der Waals surface area (Å²) in [6.07, 6.45) is -2.08. The minimum Gasteiger partial charge on any atom is -0.465 e. The molecule has 0 saturated carbocycles. The van der Waals surface area contributed by atoms with E-state index in [4.69, 9.17) is 10.4 Å². The fourth-order valence-corrected chi connectivity index (χ4v) is 2.00. The van der Waals surface area contributed by atoms with Crippen molar-refractivity contribution < 1.29 is 15.0 Å². The molecule has 1 heterocycles. The number of nitrogens with zero attached hydrogens (tertiary/aromatic N) is 2. The third kappa shape index (κ3) is 1.49. The molecular formula is C11H10N2O3. The number of aliphatic hydroxyl groups excluding tert-OH is 1. The third-order valence-corrected chi connectivity index (χ3v) is 2.71. The molecule has 5 nitrogen and oxygen atoms in total. The van der Waals surface area contributed by atoms with Gasteiger partial charge < -0.3 is 10.2 Å². The molecule has 1 aliphatic rings. The zero-order valence-corrected chi connectivity index (χ0v) is 8.37. The Morgan fingerprint density at radius 3 is 2.88 bits per heavy atom. The van der Waals surface area contributed by atoms with Gasteiger partial charge in [0.25, 0.3) is 0 Å². The molecule has 2 rings (SSSR count). The van der Waals surface area contributed by atoms with Gasteiger partial charge in [0.15, 0.2) is 6.10 Å². The number of para-hydroxylation sites is 1. The fraction of sp³-hybridized carbons (Fsp3) is 0.273. The number of nitriles is 1. The number of anilines is 1. The first-order chi connectivity index (χ1) is 7.65. The van der Waals surface area contributed by atoms with Gasteiger partial charge in [-0.3, -0.25) is 4.90 Å². The van der Waals surface area contributed by atoms with Crippen LogP contribution in [0.4, 0.5) is 10.5 Å². The fourth-order valence-electron chi connectivity index (χ4n) is 2.00. The highest BCUT2D eigenvalue weighted by atomic mass is 16.4. The van der Waals surface area contributed by atoms with Crippen molar-refractivity contribution in [3.05, 3.63) is 29.8 Å². The van der Waals surface area contributed by atoms with E-state index in [-0.39, 0.29) is 0 Å². The van der Waals surface area contributed by atoms with E-state index in [1.54, 1.807) is 30.3 Å². The molecule has 2 atom stereocenters. The molecule has 82 valence electrons. The van der Waals surface area contributed by atoms with Crippen LogP contribution >= 0.6 is 0 Å². The Bertz CT molecular complexity index is 467. The first-order valence-corrected chi connectivity index (χ1v) is 4.83. The summed E-state index contributed by atoms with van der Waals surface area (Å²) in [5.41, 5.74) is 1.39. The van der Waals surface area contributed by atoms with Gasteiger partial charge in [-0.05, 0) is 18.1 Å². The minimum absolute atomic E-state index is 0.372. The number of amides is 1. The second kappa shape index (κ2) is 3.83. The van der Waals surface area contributed by atoms with Crippen molar-refractivity contribution in [1.29, 1.82) is 5.26 Å². The molecule has 0 bridgehead atoms. The van der Waals surface area contributed by atoms with Crippen LogP contribution in [0.3, 0.4) is 0 Å². The zero-order valence-electron chi connectivity index (χ0n) is 8.37. The first kappa shape index (κ1) is 10.5. The SMILES string of the molecule is N#CC(O)C1Cc2ccccc2N1C(=O)O. The van der Waals surface area contributed by atoms with Gasteiger partial charge in [-0.15, -0.1) is 0 Å². The summed E-state index contributed by atoms with van der Waals surface area (Å²) in [6.45, 7) is 0. The molecule has 5 heteroatoms. The number of carboxylic acid groups (broad SMARTS) is 1. The monoisotopic (exact) mass is 218 g/mol. The molecule has 0 saturated heterocycles. The van der Waals surface area contributed by atoms with Crippen LogP contribution in [0.5, 0.6) is 0 Å². The number of hydrogen-bond donors (Lipinski definition) is 2. The van der Waals surface area contributed by atoms with Crippen molar-refractivity contribution in [1.82, 2.24) is 0 Å². The summed E-state index contributed by atoms with van der Waals surface area (Å²) < 4.78 is 0. The number of carbonyl (C=O) groups is 1. The first-order valence-electron chi connectivity index (χ1n) is 4.83. The summed E-state index contributed by atoms with van der Waals surface area (Å²) in [6, 6.07) is 7.98. The van der Waals surface area contributed by atoms with E-state index in [9.17, 15) is 9.90 Å². The van der Waals surface area contributed by atoms with Crippen LogP contribution in [0.15, 0.2) is 24.3 Å². The van der Waals surface area contributed by atoms with Crippen LogP contribution in [0.1, 0.15) is 5.56 Å². The molecule has 0 spiro atoms. The van der Waals surface area contributed by atoms with Crippen LogP contribution in [-0.2, 0) is 6.42 Å². The van der Waals surface area contributed by atoms with Crippen LogP contribution < -0.4 is 4.90 Å². The zero-order chi connectivity index (χ0) is 11.7. The van der Waals surface area contributed by atoms with E-state index in [1.165, 1.54) is 0 Å². The standard InChI is InChI=1S/C11H10N2O3/c12-6-10(14)9-5-7-3-1-2-4-8(7)13(9)11(15)16/h1-4,9-10,14H,5H2,(H,15,16). The molecule has 1 aromatic carbocycles. The normalized spacial score (nSPS) is 20.0. The molecular weight excluding hydrogens is 208 g/mol. The Labute approximate surface area is 92.2 Å². The Morgan fingerprint density at radius 2 is 2.25 bits per heavy atom. The van der Waals surface area contributed by atoms with Crippen molar-refractivity contribution in [2.45, 2.75) is 18.6 Å². The second-order valence-electron chi connectivity index (χ2n) is 3.63. The third-order valence-electron chi connectivity index (χ3n) is 2.71. The van der Waals surface area contributed by atoms with Gasteiger partial charge in [0, 0.05) is 0 Å². The van der Waals surface area contributed by atoms with E-state index in [0.29, 0.717) is 12.1 Å². The Kier molecular flexibility index (Phi) is 2.50. The maximum atomic E-state index is 11.1. The highest BCUT2D eigenvalue weighted by Gasteiger charge is 2.37. The Hall–Kier alpha value is -2.06. The van der Waals surface area contributed by atoms with Crippen molar-refractivity contribution in [2.24, 2.45) is 0 Å². The second-order valence-corrected chi connectivity index (χ2v) is 3.63. The molecule has 2 N–H and O–H groups in total. The highest BCUT2D eigenvalue weighted by Crippen LogP contribution is 2.33. The number of benzene rings is 1. The lowest BCUT2D eigenvalue weighted by molar-refractivity contribution is 0.173. The van der Waals surface area contributed by atoms with Gasteiger partial charge in [-0.2, -0.15) is 5.26 Å². The van der Waals surface area contributed by atoms with Crippen molar-refractivity contribution in [3.8, 4) is 6.07 Å². The van der Waals surface area contributed by atoms with E-state index in [2.05, 4.69) is 0 Å². The van der Waals surface area contributed by atoms with Crippen LogP contribution in [-0.4, -0.2) is 28.5 Å². The van der Waals surface area contributed by atoms with E-state index in [1.807, 2.05) is 0 Å². The summed E-state index contributed by atoms with van der Waals surface area (Å²) in [5, 5.41) is 27.2. The molecule has 1 aliphatic heterocycles. The van der Waals surface area contributed by atoms with Gasteiger partial charge in [0.2, 0.25) is 0 Å². The topological polar surface area (TPSA) is 84.6 Å². The highest BCUT2D eigenvalue weighted by molar-refractivity contribution is 5.90. The molecule has 1 aromatic rings. The molecule has 0 fully saturated rings. The van der Waals surface area contributed by atoms with E-state index < -0.39 is 18.2 Å². The van der Waals surface area contributed by atoms with E-state index in [0.717, 1.165) is 10.5 Å². The molecule has 2 unspecified atom stereocenters. The minimum atomic E-state index is -1.30. The molecule has 0 aromatic heterocycles. The largest absolute Gasteiger partial charge is 0.465 e. The predicted octanol–water partition coefficient (Wildman–Crippen LogP) is 0.980. The molecule has 0 aliphatic carbocycles. The quantitative estimate of drug-likeness (QED) is 0.688. The summed E-state index contributed by atoms with van der Waals surface area (Å²) >= 11 is 0. The summed E-state index contributed by atoms with van der Waals surface area (Å²) in [4.78, 5) is 12.2. The molecule has 1 amide bonds. The average molecular weight is 218 g/mol. The summed E-state index contributed by atoms with van der Waals surface area (Å²) in [7, 11) is 0. The van der Waals surface area contributed by atoms with Crippen LogP contribution in [0.25, 0.3) is 0 Å². The molecule has 0 radical (unpaired) electrons. The van der Waals surface area contributed by atoms with Crippen molar-refractivity contribution in [3.63, 3.8) is 0 Å². The summed E-state index contributed by atoms with van der Waals surface area (Å²) in [5.74, 6) is 0. The average Bonchev–Trinajstić information content (AvgIpc) is 2.67. The number of hydrogen-bond acceptors (Lipinski definition) is 3. The Morgan fingerprint density at radius 1 is 1.56 bits per heavy atom. The lowest BCUT2D eigenvalue weighted by Crippen LogP contribution is -2.43. The Balaban J connectivity index is 2.42.